The maximum atomic E-state index is 13.5. The Bertz CT molecular complexity index is 690. The van der Waals surface area contributed by atoms with Gasteiger partial charge < -0.3 is 11.1 Å². The molecule has 0 saturated heterocycles. The van der Waals surface area contributed by atoms with E-state index in [0.29, 0.717) is 5.92 Å². The average molecular weight is 355 g/mol. The molecular formula is C18H21ClF2N2O. The number of amides is 1. The zero-order valence-corrected chi connectivity index (χ0v) is 14.4. The van der Waals surface area contributed by atoms with E-state index in [2.05, 4.69) is 19.2 Å². The highest BCUT2D eigenvalue weighted by Crippen LogP contribution is 2.17. The fourth-order valence-electron chi connectivity index (χ4n) is 2.22. The van der Waals surface area contributed by atoms with Gasteiger partial charge in [0, 0.05) is 12.6 Å². The lowest BCUT2D eigenvalue weighted by Crippen LogP contribution is -2.32. The van der Waals surface area contributed by atoms with Crippen LogP contribution in [0.4, 0.5) is 8.78 Å². The first-order chi connectivity index (χ1) is 10.9. The van der Waals surface area contributed by atoms with Crippen molar-refractivity contribution in [2.75, 3.05) is 6.54 Å². The average Bonchev–Trinajstić information content (AvgIpc) is 2.54. The van der Waals surface area contributed by atoms with Crippen molar-refractivity contribution in [2.45, 2.75) is 25.8 Å². The van der Waals surface area contributed by atoms with Gasteiger partial charge in [-0.1, -0.05) is 38.1 Å². The summed E-state index contributed by atoms with van der Waals surface area (Å²) < 4.78 is 26.6. The molecule has 1 amide bonds. The highest BCUT2D eigenvalue weighted by molar-refractivity contribution is 5.94. The normalized spacial score (nSPS) is 11.8. The van der Waals surface area contributed by atoms with Crippen molar-refractivity contribution < 1.29 is 13.6 Å². The second kappa shape index (κ2) is 8.76. The Morgan fingerprint density at radius 2 is 1.67 bits per heavy atom. The number of halogens is 3. The van der Waals surface area contributed by atoms with Gasteiger partial charge in [0.2, 0.25) is 0 Å². The third-order valence-corrected chi connectivity index (χ3v) is 3.69. The standard InChI is InChI=1S/C18H20F2N2O.ClH/c1-11(2)12-3-5-13(6-4-12)17(21)10-22-18(23)15-9-14(19)7-8-16(15)20;/h3-9,11,17H,10,21H2,1-2H3,(H,22,23);1H. The number of rotatable bonds is 5. The van der Waals surface area contributed by atoms with Crippen molar-refractivity contribution in [1.82, 2.24) is 5.32 Å². The van der Waals surface area contributed by atoms with Gasteiger partial charge in [-0.05, 0) is 35.2 Å². The molecule has 0 aromatic heterocycles. The summed E-state index contributed by atoms with van der Waals surface area (Å²) in [4.78, 5) is 11.9. The molecule has 0 radical (unpaired) electrons. The van der Waals surface area contributed by atoms with Gasteiger partial charge in [0.1, 0.15) is 11.6 Å². The van der Waals surface area contributed by atoms with Crippen LogP contribution in [0.5, 0.6) is 0 Å². The summed E-state index contributed by atoms with van der Waals surface area (Å²) in [6.45, 7) is 4.33. The predicted octanol–water partition coefficient (Wildman–Crippen LogP) is 3.94. The molecule has 0 heterocycles. The topological polar surface area (TPSA) is 55.1 Å². The SMILES string of the molecule is CC(C)c1ccc(C(N)CNC(=O)c2cc(F)ccc2F)cc1.Cl. The summed E-state index contributed by atoms with van der Waals surface area (Å²) in [5.74, 6) is -1.68. The fourth-order valence-corrected chi connectivity index (χ4v) is 2.22. The molecule has 24 heavy (non-hydrogen) atoms. The smallest absolute Gasteiger partial charge is 0.254 e. The molecule has 0 aliphatic rings. The molecule has 0 fully saturated rings. The molecule has 1 atom stereocenters. The van der Waals surface area contributed by atoms with Crippen LogP contribution in [0, 0.1) is 11.6 Å². The minimum atomic E-state index is -0.765. The van der Waals surface area contributed by atoms with Gasteiger partial charge in [-0.2, -0.15) is 0 Å². The molecule has 2 aromatic rings. The molecule has 2 rings (SSSR count). The van der Waals surface area contributed by atoms with Gasteiger partial charge >= 0.3 is 0 Å². The maximum absolute atomic E-state index is 13.5. The maximum Gasteiger partial charge on any atom is 0.254 e. The van der Waals surface area contributed by atoms with E-state index >= 15 is 0 Å². The van der Waals surface area contributed by atoms with Gasteiger partial charge in [-0.15, -0.1) is 12.4 Å². The second-order valence-corrected chi connectivity index (χ2v) is 5.76. The molecule has 0 aliphatic heterocycles. The van der Waals surface area contributed by atoms with E-state index in [1.54, 1.807) is 0 Å². The predicted molar refractivity (Wildman–Crippen MR) is 93.4 cm³/mol. The van der Waals surface area contributed by atoms with Crippen molar-refractivity contribution in [2.24, 2.45) is 5.73 Å². The first-order valence-electron chi connectivity index (χ1n) is 7.47. The van der Waals surface area contributed by atoms with Crippen LogP contribution in [0.25, 0.3) is 0 Å². The minimum absolute atomic E-state index is 0. The number of nitrogens with two attached hydrogens (primary N) is 1. The highest BCUT2D eigenvalue weighted by atomic mass is 35.5. The molecule has 3 nitrogen and oxygen atoms in total. The summed E-state index contributed by atoms with van der Waals surface area (Å²) in [6.07, 6.45) is 0. The molecule has 2 aromatic carbocycles. The fraction of sp³-hybridized carbons (Fsp3) is 0.278. The summed E-state index contributed by atoms with van der Waals surface area (Å²) in [5.41, 5.74) is 7.78. The lowest BCUT2D eigenvalue weighted by Gasteiger charge is -2.15. The second-order valence-electron chi connectivity index (χ2n) is 5.76. The third-order valence-electron chi connectivity index (χ3n) is 3.69. The molecule has 0 bridgehead atoms. The molecule has 0 saturated carbocycles. The van der Waals surface area contributed by atoms with E-state index in [1.807, 2.05) is 24.3 Å². The van der Waals surface area contributed by atoms with Crippen LogP contribution in [0.2, 0.25) is 0 Å². The van der Waals surface area contributed by atoms with Gasteiger partial charge in [0.05, 0.1) is 5.56 Å². The van der Waals surface area contributed by atoms with E-state index in [9.17, 15) is 13.6 Å². The monoisotopic (exact) mass is 354 g/mol. The summed E-state index contributed by atoms with van der Waals surface area (Å²) in [5, 5.41) is 2.53. The van der Waals surface area contributed by atoms with Crippen LogP contribution >= 0.6 is 12.4 Å². The number of carbonyl (C=O) groups is 1. The van der Waals surface area contributed by atoms with Crippen LogP contribution in [0.15, 0.2) is 42.5 Å². The van der Waals surface area contributed by atoms with E-state index < -0.39 is 23.6 Å². The van der Waals surface area contributed by atoms with Crippen LogP contribution in [0.1, 0.15) is 47.3 Å². The van der Waals surface area contributed by atoms with E-state index in [4.69, 9.17) is 5.73 Å². The van der Waals surface area contributed by atoms with Gasteiger partial charge in [0.25, 0.3) is 5.91 Å². The quantitative estimate of drug-likeness (QED) is 0.854. The lowest BCUT2D eigenvalue weighted by atomic mass is 9.99. The third kappa shape index (κ3) is 5.01. The molecule has 0 aliphatic carbocycles. The zero-order valence-electron chi connectivity index (χ0n) is 13.6. The summed E-state index contributed by atoms with van der Waals surface area (Å²) >= 11 is 0. The largest absolute Gasteiger partial charge is 0.350 e. The summed E-state index contributed by atoms with van der Waals surface area (Å²) in [7, 11) is 0. The van der Waals surface area contributed by atoms with Crippen molar-refractivity contribution in [3.05, 3.63) is 70.8 Å². The van der Waals surface area contributed by atoms with Crippen LogP contribution in [-0.2, 0) is 0 Å². The van der Waals surface area contributed by atoms with Crippen molar-refractivity contribution >= 4 is 18.3 Å². The first-order valence-corrected chi connectivity index (χ1v) is 7.47. The number of hydrogen-bond acceptors (Lipinski definition) is 2. The van der Waals surface area contributed by atoms with Crippen LogP contribution in [-0.4, -0.2) is 12.5 Å². The van der Waals surface area contributed by atoms with E-state index in [0.717, 1.165) is 23.8 Å². The highest BCUT2D eigenvalue weighted by Gasteiger charge is 2.14. The van der Waals surface area contributed by atoms with Crippen molar-refractivity contribution in [3.8, 4) is 0 Å². The van der Waals surface area contributed by atoms with Crippen molar-refractivity contribution in [1.29, 1.82) is 0 Å². The zero-order chi connectivity index (χ0) is 17.0. The Labute approximate surface area is 146 Å². The Balaban J connectivity index is 0.00000288. The van der Waals surface area contributed by atoms with E-state index in [-0.39, 0.29) is 24.5 Å². The summed E-state index contributed by atoms with van der Waals surface area (Å²) in [6, 6.07) is 10.2. The van der Waals surface area contributed by atoms with Crippen molar-refractivity contribution in [3.63, 3.8) is 0 Å². The molecule has 6 heteroatoms. The van der Waals surface area contributed by atoms with Gasteiger partial charge in [0.15, 0.2) is 0 Å². The molecule has 130 valence electrons. The Kier molecular flexibility index (Phi) is 7.32. The lowest BCUT2D eigenvalue weighted by molar-refractivity contribution is 0.0946. The van der Waals surface area contributed by atoms with Crippen LogP contribution in [0.3, 0.4) is 0 Å². The Hall–Kier alpha value is -1.98. The van der Waals surface area contributed by atoms with Crippen LogP contribution < -0.4 is 11.1 Å². The number of benzene rings is 2. The number of hydrogen-bond donors (Lipinski definition) is 2. The Morgan fingerprint density at radius 1 is 1.08 bits per heavy atom. The van der Waals surface area contributed by atoms with E-state index in [1.165, 1.54) is 5.56 Å². The molecule has 1 unspecified atom stereocenters. The molecular weight excluding hydrogens is 334 g/mol. The molecule has 0 spiro atoms. The van der Waals surface area contributed by atoms with Gasteiger partial charge in [-0.25, -0.2) is 8.78 Å². The minimum Gasteiger partial charge on any atom is -0.350 e. The Morgan fingerprint density at radius 3 is 2.25 bits per heavy atom. The number of carbonyl (C=O) groups excluding carboxylic acids is 1. The number of nitrogens with one attached hydrogen (secondary N) is 1. The first kappa shape index (κ1) is 20.1. The van der Waals surface area contributed by atoms with Gasteiger partial charge in [-0.3, -0.25) is 4.79 Å². The molecule has 3 N–H and O–H groups in total.